The number of amides is 1. The minimum atomic E-state index is -0.172. The Morgan fingerprint density at radius 1 is 1.38 bits per heavy atom. The number of nitrogens with one attached hydrogen (secondary N) is 1. The van der Waals surface area contributed by atoms with Crippen molar-refractivity contribution in [2.45, 2.75) is 19.4 Å². The highest BCUT2D eigenvalue weighted by molar-refractivity contribution is 9.10. The second kappa shape index (κ2) is 5.94. The number of rotatable bonds is 2. The van der Waals surface area contributed by atoms with Gasteiger partial charge in [-0.3, -0.25) is 4.79 Å². The lowest BCUT2D eigenvalue weighted by atomic mass is 10.0. The van der Waals surface area contributed by atoms with Crippen molar-refractivity contribution >= 4 is 27.5 Å². The van der Waals surface area contributed by atoms with Crippen molar-refractivity contribution in [1.29, 1.82) is 0 Å². The van der Waals surface area contributed by atoms with E-state index in [4.69, 9.17) is 4.74 Å². The van der Waals surface area contributed by atoms with Crippen molar-refractivity contribution in [3.63, 3.8) is 0 Å². The summed E-state index contributed by atoms with van der Waals surface area (Å²) in [6, 6.07) is 9.72. The molecule has 3 heterocycles. The van der Waals surface area contributed by atoms with Gasteiger partial charge in [-0.05, 0) is 42.8 Å². The first-order valence-electron chi connectivity index (χ1n) is 7.78. The molecule has 1 amide bonds. The van der Waals surface area contributed by atoms with Crippen LogP contribution in [0, 0.1) is 6.92 Å². The molecule has 0 spiro atoms. The van der Waals surface area contributed by atoms with Gasteiger partial charge in [0.05, 0.1) is 12.6 Å². The first-order chi connectivity index (χ1) is 11.6. The molecular weight excluding hydrogens is 370 g/mol. The van der Waals surface area contributed by atoms with Crippen LogP contribution in [0.4, 0.5) is 0 Å². The molecule has 0 saturated carbocycles. The smallest absolute Gasteiger partial charge is 0.271 e. The number of aryl methyl sites for hydroxylation is 1. The van der Waals surface area contributed by atoms with Crippen molar-refractivity contribution < 1.29 is 9.53 Å². The molecular formula is C18H16BrN3O2. The first kappa shape index (κ1) is 15.2. The molecule has 1 unspecified atom stereocenters. The molecule has 24 heavy (non-hydrogen) atoms. The zero-order valence-corrected chi connectivity index (χ0v) is 14.7. The number of imidazole rings is 1. The average Bonchev–Trinajstić information content (AvgIpc) is 2.98. The van der Waals surface area contributed by atoms with E-state index in [9.17, 15) is 4.79 Å². The molecule has 0 saturated heterocycles. The molecule has 122 valence electrons. The largest absolute Gasteiger partial charge is 0.493 e. The highest BCUT2D eigenvalue weighted by Gasteiger charge is 2.24. The summed E-state index contributed by atoms with van der Waals surface area (Å²) < 4.78 is 8.49. The standard InChI is InChI=1S/C18H16BrN3O2/c1-11-4-6-22-10-15(20-17(22)8-11)18(23)21-14-5-7-24-16-3-2-12(19)9-13(14)16/h2-4,6,8-10,14H,5,7H2,1H3,(H,21,23). The van der Waals surface area contributed by atoms with Crippen molar-refractivity contribution in [2.24, 2.45) is 0 Å². The van der Waals surface area contributed by atoms with Crippen molar-refractivity contribution in [2.75, 3.05) is 6.61 Å². The third-order valence-corrected chi connectivity index (χ3v) is 4.66. The van der Waals surface area contributed by atoms with E-state index in [1.807, 2.05) is 47.9 Å². The molecule has 1 aliphatic rings. The van der Waals surface area contributed by atoms with E-state index in [1.54, 1.807) is 6.20 Å². The molecule has 1 aromatic carbocycles. The van der Waals surface area contributed by atoms with Gasteiger partial charge in [-0.15, -0.1) is 0 Å². The maximum atomic E-state index is 12.6. The van der Waals surface area contributed by atoms with Crippen molar-refractivity contribution in [3.8, 4) is 5.75 Å². The van der Waals surface area contributed by atoms with Crippen LogP contribution >= 0.6 is 15.9 Å². The summed E-state index contributed by atoms with van der Waals surface area (Å²) in [5.41, 5.74) is 3.30. The molecule has 0 fully saturated rings. The third kappa shape index (κ3) is 2.78. The van der Waals surface area contributed by atoms with E-state index in [0.717, 1.165) is 33.4 Å². The van der Waals surface area contributed by atoms with Crippen LogP contribution in [0.3, 0.4) is 0 Å². The number of aromatic nitrogens is 2. The Bertz CT molecular complexity index is 935. The van der Waals surface area contributed by atoms with E-state index < -0.39 is 0 Å². The maximum absolute atomic E-state index is 12.6. The first-order valence-corrected chi connectivity index (χ1v) is 8.58. The summed E-state index contributed by atoms with van der Waals surface area (Å²) in [5, 5.41) is 3.08. The molecule has 1 atom stereocenters. The Hall–Kier alpha value is -2.34. The Balaban J connectivity index is 1.61. The summed E-state index contributed by atoms with van der Waals surface area (Å²) in [5.74, 6) is 0.648. The average molecular weight is 386 g/mol. The van der Waals surface area contributed by atoms with Crippen LogP contribution in [-0.4, -0.2) is 21.9 Å². The van der Waals surface area contributed by atoms with Gasteiger partial charge in [-0.1, -0.05) is 15.9 Å². The Kier molecular flexibility index (Phi) is 3.76. The summed E-state index contributed by atoms with van der Waals surface area (Å²) >= 11 is 3.48. The van der Waals surface area contributed by atoms with Gasteiger partial charge in [0.15, 0.2) is 0 Å². The maximum Gasteiger partial charge on any atom is 0.271 e. The number of benzene rings is 1. The number of carbonyl (C=O) groups is 1. The molecule has 0 bridgehead atoms. The van der Waals surface area contributed by atoms with Gasteiger partial charge in [-0.25, -0.2) is 4.98 Å². The summed E-state index contributed by atoms with van der Waals surface area (Å²) in [6.45, 7) is 2.59. The number of carbonyl (C=O) groups excluding carboxylic acids is 1. The lowest BCUT2D eigenvalue weighted by molar-refractivity contribution is 0.0920. The molecule has 1 N–H and O–H groups in total. The number of nitrogens with zero attached hydrogens (tertiary/aromatic N) is 2. The zero-order chi connectivity index (χ0) is 16.7. The molecule has 0 aliphatic carbocycles. The molecule has 0 radical (unpaired) electrons. The predicted octanol–water partition coefficient (Wildman–Crippen LogP) is 3.66. The molecule has 5 nitrogen and oxygen atoms in total. The number of fused-ring (bicyclic) bond motifs is 2. The fraction of sp³-hybridized carbons (Fsp3) is 0.222. The minimum Gasteiger partial charge on any atom is -0.493 e. The number of pyridine rings is 1. The van der Waals surface area contributed by atoms with Crippen molar-refractivity contribution in [3.05, 3.63) is 64.0 Å². The van der Waals surface area contributed by atoms with Gasteiger partial charge < -0.3 is 14.5 Å². The van der Waals surface area contributed by atoms with E-state index in [2.05, 4.69) is 26.2 Å². The third-order valence-electron chi connectivity index (χ3n) is 4.17. The molecule has 2 aromatic heterocycles. The normalized spacial score (nSPS) is 16.5. The SMILES string of the molecule is Cc1ccn2cc(C(=O)NC3CCOc4ccc(Br)cc43)nc2c1. The molecule has 3 aromatic rings. The quantitative estimate of drug-likeness (QED) is 0.732. The molecule has 4 rings (SSSR count). The van der Waals surface area contributed by atoms with E-state index >= 15 is 0 Å². The van der Waals surface area contributed by atoms with Crippen molar-refractivity contribution in [1.82, 2.24) is 14.7 Å². The van der Waals surface area contributed by atoms with E-state index in [0.29, 0.717) is 12.3 Å². The second-order valence-electron chi connectivity index (χ2n) is 5.94. The fourth-order valence-corrected chi connectivity index (χ4v) is 3.32. The summed E-state index contributed by atoms with van der Waals surface area (Å²) in [7, 11) is 0. The van der Waals surface area contributed by atoms with Crippen LogP contribution in [0.15, 0.2) is 47.2 Å². The minimum absolute atomic E-state index is 0.0784. The fourth-order valence-electron chi connectivity index (χ4n) is 2.94. The molecule has 6 heteroatoms. The second-order valence-corrected chi connectivity index (χ2v) is 6.86. The van der Waals surface area contributed by atoms with Gasteiger partial charge in [0.1, 0.15) is 17.1 Å². The van der Waals surface area contributed by atoms with E-state index in [1.165, 1.54) is 0 Å². The van der Waals surface area contributed by atoms with Crippen LogP contribution in [0.5, 0.6) is 5.75 Å². The van der Waals surface area contributed by atoms with E-state index in [-0.39, 0.29) is 11.9 Å². The van der Waals surface area contributed by atoms with Crippen LogP contribution in [0.2, 0.25) is 0 Å². The number of ether oxygens (including phenoxy) is 1. The van der Waals surface area contributed by atoms with Crippen LogP contribution < -0.4 is 10.1 Å². The van der Waals surface area contributed by atoms with Gasteiger partial charge >= 0.3 is 0 Å². The molecule has 1 aliphatic heterocycles. The van der Waals surface area contributed by atoms with Gasteiger partial charge in [-0.2, -0.15) is 0 Å². The van der Waals surface area contributed by atoms with Gasteiger partial charge in [0, 0.05) is 28.9 Å². The lowest BCUT2D eigenvalue weighted by Gasteiger charge is -2.26. The predicted molar refractivity (Wildman–Crippen MR) is 94.4 cm³/mol. The van der Waals surface area contributed by atoms with Gasteiger partial charge in [0.25, 0.3) is 5.91 Å². The van der Waals surface area contributed by atoms with Crippen LogP contribution in [0.25, 0.3) is 5.65 Å². The number of halogens is 1. The number of hydrogen-bond donors (Lipinski definition) is 1. The monoisotopic (exact) mass is 385 g/mol. The zero-order valence-electron chi connectivity index (χ0n) is 13.1. The highest BCUT2D eigenvalue weighted by atomic mass is 79.9. The summed E-state index contributed by atoms with van der Waals surface area (Å²) in [6.07, 6.45) is 4.40. The summed E-state index contributed by atoms with van der Waals surface area (Å²) in [4.78, 5) is 17.0. The Morgan fingerprint density at radius 3 is 3.12 bits per heavy atom. The number of hydrogen-bond acceptors (Lipinski definition) is 3. The highest BCUT2D eigenvalue weighted by Crippen LogP contribution is 2.34. The van der Waals surface area contributed by atoms with Gasteiger partial charge in [0.2, 0.25) is 0 Å². The van der Waals surface area contributed by atoms with Crippen LogP contribution in [-0.2, 0) is 0 Å². The lowest BCUT2D eigenvalue weighted by Crippen LogP contribution is -2.32. The topological polar surface area (TPSA) is 55.6 Å². The Labute approximate surface area is 147 Å². The Morgan fingerprint density at radius 2 is 2.25 bits per heavy atom. The van der Waals surface area contributed by atoms with Crippen LogP contribution in [0.1, 0.15) is 34.1 Å².